The maximum Gasteiger partial charge on any atom is 0.416 e. The standard InChI is InChI=1S/C14H15F3N2O2/c1-8-11(13(21-3)19(2)18-8)12(20)9-5-4-6-10(7-9)14(15,16)17/h4-7,12,20H,1-3H3. The Morgan fingerprint density at radius 2 is 2.00 bits per heavy atom. The van der Waals surface area contributed by atoms with Crippen molar-refractivity contribution in [1.29, 1.82) is 0 Å². The van der Waals surface area contributed by atoms with E-state index in [1.54, 1.807) is 14.0 Å². The number of methoxy groups -OCH3 is 1. The number of aromatic nitrogens is 2. The highest BCUT2D eigenvalue weighted by molar-refractivity contribution is 5.40. The number of aliphatic hydroxyl groups is 1. The average Bonchev–Trinajstić information content (AvgIpc) is 2.71. The van der Waals surface area contributed by atoms with Crippen LogP contribution >= 0.6 is 0 Å². The summed E-state index contributed by atoms with van der Waals surface area (Å²) in [6.07, 6.45) is -5.69. The van der Waals surface area contributed by atoms with Crippen molar-refractivity contribution >= 4 is 0 Å². The van der Waals surface area contributed by atoms with Crippen molar-refractivity contribution in [1.82, 2.24) is 9.78 Å². The first kappa shape index (κ1) is 15.4. The van der Waals surface area contributed by atoms with Gasteiger partial charge in [0.15, 0.2) is 0 Å². The molecule has 0 bridgehead atoms. The van der Waals surface area contributed by atoms with E-state index in [4.69, 9.17) is 4.74 Å². The topological polar surface area (TPSA) is 47.3 Å². The van der Waals surface area contributed by atoms with E-state index in [0.717, 1.165) is 12.1 Å². The number of rotatable bonds is 3. The lowest BCUT2D eigenvalue weighted by Gasteiger charge is -2.15. The summed E-state index contributed by atoms with van der Waals surface area (Å²) < 4.78 is 44.8. The third-order valence-electron chi connectivity index (χ3n) is 3.21. The van der Waals surface area contributed by atoms with Gasteiger partial charge in [0.2, 0.25) is 5.88 Å². The molecule has 0 aliphatic carbocycles. The monoisotopic (exact) mass is 300 g/mol. The van der Waals surface area contributed by atoms with Crippen LogP contribution in [0.1, 0.15) is 28.5 Å². The number of nitrogens with zero attached hydrogens (tertiary/aromatic N) is 2. The number of halogens is 3. The molecule has 1 heterocycles. The van der Waals surface area contributed by atoms with Gasteiger partial charge in [-0.15, -0.1) is 0 Å². The van der Waals surface area contributed by atoms with E-state index in [-0.39, 0.29) is 5.56 Å². The van der Waals surface area contributed by atoms with E-state index in [0.29, 0.717) is 17.1 Å². The minimum absolute atomic E-state index is 0.138. The van der Waals surface area contributed by atoms with Crippen LogP contribution in [-0.4, -0.2) is 22.0 Å². The lowest BCUT2D eigenvalue weighted by atomic mass is 10.00. The Hall–Kier alpha value is -2.02. The Balaban J connectivity index is 2.48. The molecular formula is C14H15F3N2O2. The molecule has 1 unspecified atom stereocenters. The van der Waals surface area contributed by atoms with E-state index >= 15 is 0 Å². The van der Waals surface area contributed by atoms with E-state index in [1.165, 1.54) is 23.9 Å². The number of benzene rings is 1. The predicted molar refractivity (Wildman–Crippen MR) is 70.0 cm³/mol. The third kappa shape index (κ3) is 2.87. The van der Waals surface area contributed by atoms with Crippen LogP contribution in [0.2, 0.25) is 0 Å². The smallest absolute Gasteiger partial charge is 0.416 e. The molecule has 0 amide bonds. The minimum atomic E-state index is -4.45. The predicted octanol–water partition coefficient (Wildman–Crippen LogP) is 2.84. The highest BCUT2D eigenvalue weighted by atomic mass is 19.4. The van der Waals surface area contributed by atoms with Gasteiger partial charge in [-0.25, -0.2) is 4.68 Å². The molecule has 0 aliphatic heterocycles. The molecule has 0 saturated carbocycles. The fourth-order valence-electron chi connectivity index (χ4n) is 2.26. The van der Waals surface area contributed by atoms with Gasteiger partial charge in [-0.2, -0.15) is 18.3 Å². The summed E-state index contributed by atoms with van der Waals surface area (Å²) >= 11 is 0. The molecule has 0 radical (unpaired) electrons. The Labute approximate surface area is 119 Å². The molecule has 21 heavy (non-hydrogen) atoms. The summed E-state index contributed by atoms with van der Waals surface area (Å²) in [6, 6.07) is 4.59. The second kappa shape index (κ2) is 5.40. The number of hydrogen-bond donors (Lipinski definition) is 1. The second-order valence-electron chi connectivity index (χ2n) is 4.66. The van der Waals surface area contributed by atoms with Crippen molar-refractivity contribution in [2.45, 2.75) is 19.2 Å². The van der Waals surface area contributed by atoms with E-state index in [2.05, 4.69) is 5.10 Å². The summed E-state index contributed by atoms with van der Waals surface area (Å²) in [5.41, 5.74) is 0.192. The molecule has 0 spiro atoms. The molecule has 114 valence electrons. The van der Waals surface area contributed by atoms with Crippen LogP contribution in [-0.2, 0) is 13.2 Å². The lowest BCUT2D eigenvalue weighted by molar-refractivity contribution is -0.137. The molecule has 7 heteroatoms. The Bertz CT molecular complexity index is 650. The number of aryl methyl sites for hydroxylation is 2. The van der Waals surface area contributed by atoms with Crippen LogP contribution in [0.25, 0.3) is 0 Å². The van der Waals surface area contributed by atoms with Crippen molar-refractivity contribution in [2.24, 2.45) is 7.05 Å². The molecule has 4 nitrogen and oxygen atoms in total. The van der Waals surface area contributed by atoms with Crippen LogP contribution in [0, 0.1) is 6.92 Å². The third-order valence-corrected chi connectivity index (χ3v) is 3.21. The quantitative estimate of drug-likeness (QED) is 0.948. The molecule has 1 atom stereocenters. The summed E-state index contributed by atoms with van der Waals surface area (Å²) in [6.45, 7) is 1.66. The zero-order chi connectivity index (χ0) is 15.8. The van der Waals surface area contributed by atoms with Crippen LogP contribution in [0.15, 0.2) is 24.3 Å². The number of alkyl halides is 3. The summed E-state index contributed by atoms with van der Waals surface area (Å²) in [5, 5.41) is 14.5. The Morgan fingerprint density at radius 3 is 2.57 bits per heavy atom. The summed E-state index contributed by atoms with van der Waals surface area (Å²) in [5.74, 6) is 0.317. The summed E-state index contributed by atoms with van der Waals surface area (Å²) in [4.78, 5) is 0. The first-order valence-electron chi connectivity index (χ1n) is 6.18. The van der Waals surface area contributed by atoms with Crippen molar-refractivity contribution in [3.63, 3.8) is 0 Å². The molecule has 0 saturated heterocycles. The van der Waals surface area contributed by atoms with Crippen molar-refractivity contribution < 1.29 is 23.0 Å². The molecule has 1 aromatic carbocycles. The highest BCUT2D eigenvalue weighted by Crippen LogP contribution is 2.35. The Kier molecular flexibility index (Phi) is 3.95. The number of ether oxygens (including phenoxy) is 1. The average molecular weight is 300 g/mol. The Morgan fingerprint density at radius 1 is 1.33 bits per heavy atom. The van der Waals surface area contributed by atoms with Crippen molar-refractivity contribution in [2.75, 3.05) is 7.11 Å². The van der Waals surface area contributed by atoms with Crippen LogP contribution < -0.4 is 4.74 Å². The molecule has 2 aromatic rings. The van der Waals surface area contributed by atoms with Gasteiger partial charge in [0.25, 0.3) is 0 Å². The largest absolute Gasteiger partial charge is 0.481 e. The fourth-order valence-corrected chi connectivity index (χ4v) is 2.26. The van der Waals surface area contributed by atoms with Crippen molar-refractivity contribution in [3.8, 4) is 5.88 Å². The van der Waals surface area contributed by atoms with E-state index < -0.39 is 17.8 Å². The van der Waals surface area contributed by atoms with Gasteiger partial charge in [-0.3, -0.25) is 0 Å². The molecule has 0 fully saturated rings. The van der Waals surface area contributed by atoms with Gasteiger partial charge < -0.3 is 9.84 Å². The van der Waals surface area contributed by atoms with Gasteiger partial charge in [0.1, 0.15) is 6.10 Å². The molecular weight excluding hydrogens is 285 g/mol. The number of hydrogen-bond acceptors (Lipinski definition) is 3. The van der Waals surface area contributed by atoms with E-state index in [1.807, 2.05) is 0 Å². The van der Waals surface area contributed by atoms with Crippen molar-refractivity contribution in [3.05, 3.63) is 46.6 Å². The van der Waals surface area contributed by atoms with Crippen LogP contribution in [0.3, 0.4) is 0 Å². The maximum absolute atomic E-state index is 12.7. The van der Waals surface area contributed by atoms with Gasteiger partial charge in [0, 0.05) is 7.05 Å². The maximum atomic E-state index is 12.7. The lowest BCUT2D eigenvalue weighted by Crippen LogP contribution is -2.08. The van der Waals surface area contributed by atoms with Crippen LogP contribution in [0.4, 0.5) is 13.2 Å². The van der Waals surface area contributed by atoms with Gasteiger partial charge in [0.05, 0.1) is 23.9 Å². The van der Waals surface area contributed by atoms with E-state index in [9.17, 15) is 18.3 Å². The molecule has 1 aromatic heterocycles. The summed E-state index contributed by atoms with van der Waals surface area (Å²) in [7, 11) is 3.05. The SMILES string of the molecule is COc1c(C(O)c2cccc(C(F)(F)F)c2)c(C)nn1C. The van der Waals surface area contributed by atoms with Gasteiger partial charge in [-0.1, -0.05) is 12.1 Å². The second-order valence-corrected chi connectivity index (χ2v) is 4.66. The normalized spacial score (nSPS) is 13.3. The zero-order valence-electron chi connectivity index (χ0n) is 11.8. The highest BCUT2D eigenvalue weighted by Gasteiger charge is 2.31. The molecule has 1 N–H and O–H groups in total. The molecule has 0 aliphatic rings. The van der Waals surface area contributed by atoms with Gasteiger partial charge in [-0.05, 0) is 24.6 Å². The van der Waals surface area contributed by atoms with Gasteiger partial charge >= 0.3 is 6.18 Å². The first-order valence-corrected chi connectivity index (χ1v) is 6.18. The van der Waals surface area contributed by atoms with Crippen LogP contribution in [0.5, 0.6) is 5.88 Å². The minimum Gasteiger partial charge on any atom is -0.481 e. The first-order chi connectivity index (χ1) is 9.75. The fraction of sp³-hybridized carbons (Fsp3) is 0.357. The number of aliphatic hydroxyl groups excluding tert-OH is 1. The molecule has 2 rings (SSSR count). The zero-order valence-corrected chi connectivity index (χ0v) is 11.8.